The second kappa shape index (κ2) is 4.58. The summed E-state index contributed by atoms with van der Waals surface area (Å²) in [5, 5.41) is 10.4. The van der Waals surface area contributed by atoms with E-state index in [4.69, 9.17) is 0 Å². The topological polar surface area (TPSA) is 20.2 Å². The van der Waals surface area contributed by atoms with Gasteiger partial charge in [0, 0.05) is 0 Å². The van der Waals surface area contributed by atoms with Gasteiger partial charge in [0.05, 0.1) is 5.60 Å². The van der Waals surface area contributed by atoms with Crippen molar-refractivity contribution in [3.63, 3.8) is 0 Å². The molecule has 1 aliphatic carbocycles. The minimum Gasteiger partial charge on any atom is -0.385 e. The Morgan fingerprint density at radius 2 is 2.12 bits per heavy atom. The molecule has 1 atom stereocenters. The molecular weight excluding hydrogens is 196 g/mol. The molecule has 1 nitrogen and oxygen atoms in total. The molecule has 1 fully saturated rings. The van der Waals surface area contributed by atoms with Gasteiger partial charge < -0.3 is 5.11 Å². The predicted octanol–water partition coefficient (Wildman–Crippen LogP) is 3.96. The van der Waals surface area contributed by atoms with Gasteiger partial charge in [0.15, 0.2) is 0 Å². The maximum absolute atomic E-state index is 10.4. The van der Waals surface area contributed by atoms with E-state index in [1.165, 1.54) is 24.8 Å². The zero-order chi connectivity index (χ0) is 11.6. The van der Waals surface area contributed by atoms with Crippen LogP contribution >= 0.6 is 0 Å². The molecule has 1 N–H and O–H groups in total. The van der Waals surface area contributed by atoms with Gasteiger partial charge in [-0.2, -0.15) is 0 Å². The molecule has 1 aliphatic rings. The lowest BCUT2D eigenvalue weighted by Crippen LogP contribution is -2.21. The van der Waals surface area contributed by atoms with E-state index in [0.717, 1.165) is 24.3 Å². The summed E-state index contributed by atoms with van der Waals surface area (Å²) in [6.07, 6.45) is 5.85. The summed E-state index contributed by atoms with van der Waals surface area (Å²) in [6.45, 7) is 4.04. The van der Waals surface area contributed by atoms with Crippen LogP contribution in [0.2, 0.25) is 0 Å². The first-order valence-corrected chi connectivity index (χ1v) is 6.46. The van der Waals surface area contributed by atoms with E-state index in [1.54, 1.807) is 0 Å². The number of benzene rings is 1. The van der Waals surface area contributed by atoms with Crippen LogP contribution in [0.3, 0.4) is 0 Å². The Morgan fingerprint density at radius 1 is 1.38 bits per heavy atom. The molecule has 0 aliphatic heterocycles. The van der Waals surface area contributed by atoms with Crippen LogP contribution in [-0.2, 0) is 5.60 Å². The summed E-state index contributed by atoms with van der Waals surface area (Å²) in [5.41, 5.74) is 1.84. The van der Waals surface area contributed by atoms with E-state index < -0.39 is 5.60 Å². The molecule has 2 rings (SSSR count). The Bertz CT molecular complexity index is 350. The minimum atomic E-state index is -0.658. The molecule has 1 aromatic carbocycles. The third kappa shape index (κ3) is 2.30. The average molecular weight is 218 g/mol. The van der Waals surface area contributed by atoms with Crippen molar-refractivity contribution >= 4 is 0 Å². The van der Waals surface area contributed by atoms with Crippen LogP contribution in [-0.4, -0.2) is 5.11 Å². The normalized spacial score (nSPS) is 20.2. The van der Waals surface area contributed by atoms with Gasteiger partial charge in [-0.3, -0.25) is 0 Å². The highest BCUT2D eigenvalue weighted by atomic mass is 16.3. The number of hydrogen-bond donors (Lipinski definition) is 1. The third-order valence-electron chi connectivity index (χ3n) is 3.82. The summed E-state index contributed by atoms with van der Waals surface area (Å²) < 4.78 is 0. The zero-order valence-corrected chi connectivity index (χ0v) is 10.4. The molecule has 0 radical (unpaired) electrons. The molecule has 0 heterocycles. The van der Waals surface area contributed by atoms with Crippen LogP contribution in [0.5, 0.6) is 0 Å². The first-order valence-electron chi connectivity index (χ1n) is 6.46. The van der Waals surface area contributed by atoms with Crippen molar-refractivity contribution in [1.29, 1.82) is 0 Å². The molecule has 0 aromatic heterocycles. The maximum atomic E-state index is 10.4. The van der Waals surface area contributed by atoms with Gasteiger partial charge in [0.1, 0.15) is 0 Å². The first kappa shape index (κ1) is 11.7. The molecule has 1 unspecified atom stereocenters. The lowest BCUT2D eigenvalue weighted by molar-refractivity contribution is 0.0468. The second-order valence-electron chi connectivity index (χ2n) is 5.28. The Hall–Kier alpha value is -0.820. The highest BCUT2D eigenvalue weighted by Crippen LogP contribution is 2.38. The van der Waals surface area contributed by atoms with Gasteiger partial charge in [-0.15, -0.1) is 0 Å². The van der Waals surface area contributed by atoms with Crippen LogP contribution < -0.4 is 0 Å². The molecule has 0 amide bonds. The highest BCUT2D eigenvalue weighted by molar-refractivity contribution is 5.31. The van der Waals surface area contributed by atoms with Gasteiger partial charge in [0.2, 0.25) is 0 Å². The Kier molecular flexibility index (Phi) is 3.34. The smallest absolute Gasteiger partial charge is 0.0868 e. The van der Waals surface area contributed by atoms with E-state index in [9.17, 15) is 5.11 Å². The minimum absolute atomic E-state index is 0.658. The zero-order valence-electron chi connectivity index (χ0n) is 10.4. The lowest BCUT2D eigenvalue weighted by atomic mass is 9.78. The van der Waals surface area contributed by atoms with Crippen molar-refractivity contribution in [2.45, 2.75) is 57.5 Å². The highest BCUT2D eigenvalue weighted by Gasteiger charge is 2.24. The largest absolute Gasteiger partial charge is 0.385 e. The first-order chi connectivity index (χ1) is 7.63. The van der Waals surface area contributed by atoms with Gasteiger partial charge in [0.25, 0.3) is 0 Å². The fourth-order valence-corrected chi connectivity index (χ4v) is 2.50. The molecule has 0 saturated heterocycles. The number of aliphatic hydroxyl groups is 1. The van der Waals surface area contributed by atoms with Crippen LogP contribution in [0.25, 0.3) is 0 Å². The van der Waals surface area contributed by atoms with Gasteiger partial charge in [-0.1, -0.05) is 44.0 Å². The fraction of sp³-hybridized carbons (Fsp3) is 0.600. The molecular formula is C15H22O. The second-order valence-corrected chi connectivity index (χ2v) is 5.28. The van der Waals surface area contributed by atoms with Crippen LogP contribution in [0.15, 0.2) is 24.3 Å². The van der Waals surface area contributed by atoms with Crippen LogP contribution in [0.4, 0.5) is 0 Å². The Morgan fingerprint density at radius 3 is 2.69 bits per heavy atom. The van der Waals surface area contributed by atoms with Crippen LogP contribution in [0, 0.1) is 0 Å². The monoisotopic (exact) mass is 218 g/mol. The van der Waals surface area contributed by atoms with Gasteiger partial charge in [-0.05, 0) is 43.2 Å². The molecule has 88 valence electrons. The fourth-order valence-electron chi connectivity index (χ4n) is 2.50. The van der Waals surface area contributed by atoms with Gasteiger partial charge >= 0.3 is 0 Å². The van der Waals surface area contributed by atoms with Crippen LogP contribution in [0.1, 0.15) is 63.0 Å². The van der Waals surface area contributed by atoms with Crippen molar-refractivity contribution in [1.82, 2.24) is 0 Å². The van der Waals surface area contributed by atoms with Crippen molar-refractivity contribution < 1.29 is 5.11 Å². The van der Waals surface area contributed by atoms with Crippen molar-refractivity contribution in [2.24, 2.45) is 0 Å². The maximum Gasteiger partial charge on any atom is 0.0868 e. The quantitative estimate of drug-likeness (QED) is 0.811. The van der Waals surface area contributed by atoms with E-state index in [2.05, 4.69) is 31.2 Å². The van der Waals surface area contributed by atoms with Crippen molar-refractivity contribution in [3.05, 3.63) is 35.4 Å². The summed E-state index contributed by atoms with van der Waals surface area (Å²) in [4.78, 5) is 0. The molecule has 16 heavy (non-hydrogen) atoms. The van der Waals surface area contributed by atoms with E-state index in [1.807, 2.05) is 6.92 Å². The Balaban J connectivity index is 2.20. The standard InChI is InChI=1S/C15H22O/c1-3-10-15(2,16)14-9-5-8-13(11-14)12-6-4-7-12/h5,8-9,11-12,16H,3-4,6-7,10H2,1-2H3. The van der Waals surface area contributed by atoms with Crippen molar-refractivity contribution in [3.8, 4) is 0 Å². The van der Waals surface area contributed by atoms with E-state index >= 15 is 0 Å². The summed E-state index contributed by atoms with van der Waals surface area (Å²) >= 11 is 0. The predicted molar refractivity (Wildman–Crippen MR) is 67.5 cm³/mol. The lowest BCUT2D eigenvalue weighted by Gasteiger charge is -2.29. The average Bonchev–Trinajstić information content (AvgIpc) is 2.15. The molecule has 1 aromatic rings. The molecule has 0 spiro atoms. The van der Waals surface area contributed by atoms with E-state index in [0.29, 0.717) is 0 Å². The Labute approximate surface area is 98.5 Å². The van der Waals surface area contributed by atoms with E-state index in [-0.39, 0.29) is 0 Å². The van der Waals surface area contributed by atoms with Crippen molar-refractivity contribution in [2.75, 3.05) is 0 Å². The summed E-state index contributed by atoms with van der Waals surface area (Å²) in [5.74, 6) is 0.748. The summed E-state index contributed by atoms with van der Waals surface area (Å²) in [7, 11) is 0. The SMILES string of the molecule is CCCC(C)(O)c1cccc(C2CCC2)c1. The molecule has 1 heteroatoms. The molecule has 0 bridgehead atoms. The number of rotatable bonds is 4. The van der Waals surface area contributed by atoms with Gasteiger partial charge in [-0.25, -0.2) is 0 Å². The molecule has 1 saturated carbocycles. The third-order valence-corrected chi connectivity index (χ3v) is 3.82. The number of hydrogen-bond acceptors (Lipinski definition) is 1. The summed E-state index contributed by atoms with van der Waals surface area (Å²) in [6, 6.07) is 8.56.